The quantitative estimate of drug-likeness (QED) is 0.710. The number of nitrogens with one attached hydrogen (secondary N) is 2. The highest BCUT2D eigenvalue weighted by atomic mass is 32.2. The predicted molar refractivity (Wildman–Crippen MR) is 89.3 cm³/mol. The number of hydrogen-bond donors (Lipinski definition) is 3. The Hall–Kier alpha value is -1.73. The lowest BCUT2D eigenvalue weighted by molar-refractivity contribution is -0.138. The van der Waals surface area contributed by atoms with Crippen LogP contribution in [0.25, 0.3) is 0 Å². The van der Waals surface area contributed by atoms with Gasteiger partial charge in [-0.05, 0) is 31.5 Å². The first-order valence-corrected chi connectivity index (χ1v) is 8.34. The lowest BCUT2D eigenvalue weighted by Crippen LogP contribution is -2.67. The number of thioether (sulfide) groups is 1. The van der Waals surface area contributed by atoms with Crippen LogP contribution in [0.1, 0.15) is 19.4 Å². The molecule has 0 aliphatic carbocycles. The molecule has 2 rings (SSSR count). The second-order valence-corrected chi connectivity index (χ2v) is 7.56. The zero-order valence-electron chi connectivity index (χ0n) is 13.5. The Balaban J connectivity index is 2.00. The first kappa shape index (κ1) is 17.6. The normalized spacial score (nSPS) is 21.6. The molecule has 1 aromatic carbocycles. The molecule has 0 aromatic heterocycles. The summed E-state index contributed by atoms with van der Waals surface area (Å²) >= 11 is 1.59. The number of aliphatic hydroxyl groups is 1. The number of methoxy groups -OCH3 is 1. The van der Waals surface area contributed by atoms with Crippen LogP contribution in [0.3, 0.4) is 0 Å². The molecule has 7 heteroatoms. The van der Waals surface area contributed by atoms with Crippen molar-refractivity contribution in [2.45, 2.75) is 36.4 Å². The summed E-state index contributed by atoms with van der Waals surface area (Å²) in [5, 5.41) is 14.3. The standard InChI is InChI=1S/C16H22N2O4S/c1-16(2,13-15(21)17-12(8-19)14(20)18-13)23-9-10-4-6-11(22-3)7-5-10/h4-7,12-13,19H,8-9H2,1-3H3,(H,17,21)(H,18,20)/t12-,13-/m0/s1. The van der Waals surface area contributed by atoms with Crippen molar-refractivity contribution >= 4 is 23.6 Å². The van der Waals surface area contributed by atoms with Gasteiger partial charge in [-0.1, -0.05) is 12.1 Å². The van der Waals surface area contributed by atoms with Crippen LogP contribution < -0.4 is 15.4 Å². The molecule has 1 fully saturated rings. The van der Waals surface area contributed by atoms with E-state index in [2.05, 4.69) is 10.6 Å². The van der Waals surface area contributed by atoms with Gasteiger partial charge < -0.3 is 20.5 Å². The fraction of sp³-hybridized carbons (Fsp3) is 0.500. The Morgan fingerprint density at radius 1 is 1.17 bits per heavy atom. The second-order valence-electron chi connectivity index (χ2n) is 5.93. The molecule has 3 N–H and O–H groups in total. The van der Waals surface area contributed by atoms with Crippen molar-refractivity contribution in [1.29, 1.82) is 0 Å². The average Bonchev–Trinajstić information content (AvgIpc) is 2.55. The van der Waals surface area contributed by atoms with Crippen molar-refractivity contribution in [1.82, 2.24) is 10.6 Å². The summed E-state index contributed by atoms with van der Waals surface area (Å²) in [6, 6.07) is 6.24. The molecule has 0 unspecified atom stereocenters. The summed E-state index contributed by atoms with van der Waals surface area (Å²) in [7, 11) is 1.62. The first-order chi connectivity index (χ1) is 10.9. The molecule has 6 nitrogen and oxygen atoms in total. The lowest BCUT2D eigenvalue weighted by atomic mass is 9.99. The molecule has 0 saturated carbocycles. The second kappa shape index (κ2) is 7.23. The number of ether oxygens (including phenoxy) is 1. The van der Waals surface area contributed by atoms with Crippen LogP contribution >= 0.6 is 11.8 Å². The van der Waals surface area contributed by atoms with Gasteiger partial charge in [0, 0.05) is 10.5 Å². The van der Waals surface area contributed by atoms with E-state index < -0.39 is 23.4 Å². The minimum Gasteiger partial charge on any atom is -0.497 e. The van der Waals surface area contributed by atoms with Crippen LogP contribution in [0.2, 0.25) is 0 Å². The molecule has 1 aromatic rings. The van der Waals surface area contributed by atoms with Gasteiger partial charge in [0.15, 0.2) is 0 Å². The van der Waals surface area contributed by atoms with Crippen LogP contribution in [0.5, 0.6) is 5.75 Å². The summed E-state index contributed by atoms with van der Waals surface area (Å²) in [6.07, 6.45) is 0. The third kappa shape index (κ3) is 4.17. The van der Waals surface area contributed by atoms with Gasteiger partial charge in [0.25, 0.3) is 0 Å². The van der Waals surface area contributed by atoms with E-state index in [0.29, 0.717) is 5.75 Å². The minimum atomic E-state index is -0.860. The van der Waals surface area contributed by atoms with E-state index in [-0.39, 0.29) is 11.8 Å². The van der Waals surface area contributed by atoms with Crippen LogP contribution in [0, 0.1) is 0 Å². The van der Waals surface area contributed by atoms with Crippen LogP contribution in [-0.4, -0.2) is 47.5 Å². The molecule has 1 saturated heterocycles. The Morgan fingerprint density at radius 3 is 2.39 bits per heavy atom. The molecular formula is C16H22N2O4S. The van der Waals surface area contributed by atoms with E-state index in [1.807, 2.05) is 38.1 Å². The maximum absolute atomic E-state index is 12.2. The lowest BCUT2D eigenvalue weighted by Gasteiger charge is -2.38. The fourth-order valence-electron chi connectivity index (χ4n) is 2.32. The van der Waals surface area contributed by atoms with Gasteiger partial charge in [-0.15, -0.1) is 11.8 Å². The summed E-state index contributed by atoms with van der Waals surface area (Å²) in [6.45, 7) is 3.44. The number of amides is 2. The van der Waals surface area contributed by atoms with Crippen LogP contribution in [0.15, 0.2) is 24.3 Å². The van der Waals surface area contributed by atoms with E-state index in [9.17, 15) is 9.59 Å². The fourth-order valence-corrected chi connectivity index (χ4v) is 3.39. The Bertz CT molecular complexity index is 574. The number of carbonyl (C=O) groups is 2. The van der Waals surface area contributed by atoms with Crippen LogP contribution in [0.4, 0.5) is 0 Å². The smallest absolute Gasteiger partial charge is 0.245 e. The summed E-state index contributed by atoms with van der Waals surface area (Å²) in [5.41, 5.74) is 1.11. The van der Waals surface area contributed by atoms with Crippen molar-refractivity contribution in [2.24, 2.45) is 0 Å². The van der Waals surface area contributed by atoms with Crippen molar-refractivity contribution in [3.05, 3.63) is 29.8 Å². The largest absolute Gasteiger partial charge is 0.497 e. The van der Waals surface area contributed by atoms with Crippen LogP contribution in [-0.2, 0) is 15.3 Å². The third-order valence-corrected chi connectivity index (χ3v) is 5.29. The first-order valence-electron chi connectivity index (χ1n) is 7.36. The average molecular weight is 338 g/mol. The van der Waals surface area contributed by atoms with Gasteiger partial charge in [-0.25, -0.2) is 0 Å². The van der Waals surface area contributed by atoms with Crippen molar-refractivity contribution < 1.29 is 19.4 Å². The number of rotatable bonds is 6. The highest BCUT2D eigenvalue weighted by molar-refractivity contribution is 7.99. The third-order valence-electron chi connectivity index (χ3n) is 3.83. The molecule has 0 radical (unpaired) electrons. The summed E-state index contributed by atoms with van der Waals surface area (Å²) in [4.78, 5) is 24.0. The SMILES string of the molecule is COc1ccc(CSC(C)(C)[C@H]2NC(=O)[C@H](CO)NC2=O)cc1. The molecule has 2 amide bonds. The highest BCUT2D eigenvalue weighted by Gasteiger charge is 2.42. The minimum absolute atomic E-state index is 0.268. The van der Waals surface area contributed by atoms with Gasteiger partial charge >= 0.3 is 0 Å². The van der Waals surface area contributed by atoms with Gasteiger partial charge in [0.2, 0.25) is 11.8 Å². The topological polar surface area (TPSA) is 87.7 Å². The molecule has 0 bridgehead atoms. The maximum atomic E-state index is 12.2. The molecule has 126 valence electrons. The van der Waals surface area contributed by atoms with Gasteiger partial charge in [-0.2, -0.15) is 0 Å². The number of hydrogen-bond acceptors (Lipinski definition) is 5. The zero-order chi connectivity index (χ0) is 17.0. The van der Waals surface area contributed by atoms with Gasteiger partial charge in [0.05, 0.1) is 13.7 Å². The molecule has 1 aliphatic rings. The Kier molecular flexibility index (Phi) is 5.54. The maximum Gasteiger partial charge on any atom is 0.245 e. The highest BCUT2D eigenvalue weighted by Crippen LogP contribution is 2.32. The molecular weight excluding hydrogens is 316 g/mol. The summed E-state index contributed by atoms with van der Waals surface area (Å²) in [5.74, 6) is 0.887. The van der Waals surface area contributed by atoms with Gasteiger partial charge in [0.1, 0.15) is 17.8 Å². The number of piperazine rings is 1. The number of benzene rings is 1. The predicted octanol–water partition coefficient (Wildman–Crippen LogP) is 0.682. The van der Waals surface area contributed by atoms with E-state index in [1.165, 1.54) is 0 Å². The zero-order valence-corrected chi connectivity index (χ0v) is 14.3. The molecule has 1 heterocycles. The molecule has 0 spiro atoms. The van der Waals surface area contributed by atoms with Crippen molar-refractivity contribution in [2.75, 3.05) is 13.7 Å². The Morgan fingerprint density at radius 2 is 1.83 bits per heavy atom. The van der Waals surface area contributed by atoms with Crippen molar-refractivity contribution in [3.63, 3.8) is 0 Å². The van der Waals surface area contributed by atoms with E-state index >= 15 is 0 Å². The van der Waals surface area contributed by atoms with E-state index in [4.69, 9.17) is 9.84 Å². The van der Waals surface area contributed by atoms with E-state index in [1.54, 1.807) is 18.9 Å². The number of aliphatic hydroxyl groups excluding tert-OH is 1. The summed E-state index contributed by atoms with van der Waals surface area (Å²) < 4.78 is 4.64. The van der Waals surface area contributed by atoms with E-state index in [0.717, 1.165) is 11.3 Å². The van der Waals surface area contributed by atoms with Crippen molar-refractivity contribution in [3.8, 4) is 5.75 Å². The van der Waals surface area contributed by atoms with Gasteiger partial charge in [-0.3, -0.25) is 9.59 Å². The monoisotopic (exact) mass is 338 g/mol. The molecule has 2 atom stereocenters. The number of carbonyl (C=O) groups excluding carboxylic acids is 2. The molecule has 23 heavy (non-hydrogen) atoms. The Labute approximate surface area is 140 Å². The molecule has 1 aliphatic heterocycles.